The summed E-state index contributed by atoms with van der Waals surface area (Å²) in [7, 11) is -3.81. The second kappa shape index (κ2) is 6.88. The van der Waals surface area contributed by atoms with Gasteiger partial charge in [0.05, 0.1) is 10.1 Å². The zero-order chi connectivity index (χ0) is 17.3. The summed E-state index contributed by atoms with van der Waals surface area (Å²) >= 11 is 1.25. The topological polar surface area (TPSA) is 66.8 Å². The van der Waals surface area contributed by atoms with Crippen molar-refractivity contribution in [3.63, 3.8) is 0 Å². The van der Waals surface area contributed by atoms with E-state index in [1.807, 2.05) is 13.8 Å². The molecule has 1 aromatic carbocycles. The van der Waals surface area contributed by atoms with Gasteiger partial charge in [0, 0.05) is 6.04 Å². The first-order valence-corrected chi connectivity index (χ1v) is 10.6. The Morgan fingerprint density at radius 3 is 2.38 bits per heavy atom. The fourth-order valence-electron chi connectivity index (χ4n) is 3.16. The summed E-state index contributed by atoms with van der Waals surface area (Å²) in [6.07, 6.45) is 5.16. The minimum absolute atomic E-state index is 0.0234. The normalized spacial score (nSPS) is 24.8. The monoisotopic (exact) mass is 366 g/mol. The van der Waals surface area contributed by atoms with Gasteiger partial charge in [0.2, 0.25) is 5.91 Å². The molecule has 1 unspecified atom stereocenters. The molecule has 2 aliphatic rings. The maximum Gasteiger partial charge on any atom is 0.284 e. The Morgan fingerprint density at radius 1 is 1.12 bits per heavy atom. The molecule has 5 nitrogen and oxygen atoms in total. The summed E-state index contributed by atoms with van der Waals surface area (Å²) in [6.45, 7) is 3.71. The fourth-order valence-corrected chi connectivity index (χ4v) is 5.39. The van der Waals surface area contributed by atoms with Crippen molar-refractivity contribution in [3.05, 3.63) is 29.8 Å². The van der Waals surface area contributed by atoms with Gasteiger partial charge in [-0.3, -0.25) is 9.69 Å². The van der Waals surface area contributed by atoms with Crippen molar-refractivity contribution in [2.75, 3.05) is 0 Å². The van der Waals surface area contributed by atoms with Gasteiger partial charge in [-0.2, -0.15) is 8.42 Å². The Bertz CT molecular complexity index is 751. The van der Waals surface area contributed by atoms with E-state index in [9.17, 15) is 13.2 Å². The SMILES string of the molecule is Cc1ccc(S(=O)(=O)/N=C2/SC(C)C(=O)N2C2CCCCC2)cc1. The third-order valence-electron chi connectivity index (χ3n) is 4.53. The maximum atomic E-state index is 12.6. The number of amidine groups is 1. The second-order valence-electron chi connectivity index (χ2n) is 6.42. The van der Waals surface area contributed by atoms with E-state index < -0.39 is 10.0 Å². The maximum absolute atomic E-state index is 12.6. The number of nitrogens with zero attached hydrogens (tertiary/aromatic N) is 2. The molecule has 1 heterocycles. The number of carbonyl (C=O) groups excluding carboxylic acids is 1. The van der Waals surface area contributed by atoms with Crippen molar-refractivity contribution in [2.45, 2.75) is 62.1 Å². The first-order chi connectivity index (χ1) is 11.4. The van der Waals surface area contributed by atoms with E-state index in [0.29, 0.717) is 5.17 Å². The van der Waals surface area contributed by atoms with Crippen molar-refractivity contribution in [1.29, 1.82) is 0 Å². The molecular formula is C17H22N2O3S2. The van der Waals surface area contributed by atoms with Crippen LogP contribution in [0.4, 0.5) is 0 Å². The van der Waals surface area contributed by atoms with Crippen LogP contribution in [0.15, 0.2) is 33.6 Å². The minimum Gasteiger partial charge on any atom is -0.287 e. The lowest BCUT2D eigenvalue weighted by atomic mass is 9.94. The number of rotatable bonds is 3. The van der Waals surface area contributed by atoms with Gasteiger partial charge in [-0.1, -0.05) is 48.7 Å². The summed E-state index contributed by atoms with van der Waals surface area (Å²) in [4.78, 5) is 14.3. The number of thioether (sulfide) groups is 1. The van der Waals surface area contributed by atoms with Crippen molar-refractivity contribution < 1.29 is 13.2 Å². The molecule has 0 N–H and O–H groups in total. The number of amides is 1. The minimum atomic E-state index is -3.81. The molecular weight excluding hydrogens is 344 g/mol. The van der Waals surface area contributed by atoms with E-state index in [4.69, 9.17) is 0 Å². The predicted octanol–water partition coefficient (Wildman–Crippen LogP) is 3.34. The molecule has 0 radical (unpaired) electrons. The molecule has 1 aliphatic carbocycles. The van der Waals surface area contributed by atoms with Crippen LogP contribution in [0.1, 0.15) is 44.6 Å². The lowest BCUT2D eigenvalue weighted by molar-refractivity contribution is -0.127. The van der Waals surface area contributed by atoms with Crippen LogP contribution in [-0.2, 0) is 14.8 Å². The summed E-state index contributed by atoms with van der Waals surface area (Å²) in [5, 5.41) is 0.0545. The highest BCUT2D eigenvalue weighted by Gasteiger charge is 2.40. The molecule has 0 spiro atoms. The molecule has 0 bridgehead atoms. The molecule has 24 heavy (non-hydrogen) atoms. The van der Waals surface area contributed by atoms with Gasteiger partial charge in [0.1, 0.15) is 0 Å². The fraction of sp³-hybridized carbons (Fsp3) is 0.529. The molecule has 1 amide bonds. The lowest BCUT2D eigenvalue weighted by Crippen LogP contribution is -2.42. The number of hydrogen-bond donors (Lipinski definition) is 0. The molecule has 1 saturated carbocycles. The molecule has 1 aromatic rings. The van der Waals surface area contributed by atoms with Gasteiger partial charge in [-0.15, -0.1) is 4.40 Å². The number of carbonyl (C=O) groups is 1. The number of aryl methyl sites for hydroxylation is 1. The van der Waals surface area contributed by atoms with Crippen LogP contribution in [0.25, 0.3) is 0 Å². The first-order valence-electron chi connectivity index (χ1n) is 8.30. The third-order valence-corrected chi connectivity index (χ3v) is 6.98. The van der Waals surface area contributed by atoms with Crippen LogP contribution in [0, 0.1) is 6.92 Å². The van der Waals surface area contributed by atoms with Gasteiger partial charge in [0.25, 0.3) is 10.0 Å². The lowest BCUT2D eigenvalue weighted by Gasteiger charge is -2.30. The third kappa shape index (κ3) is 3.52. The van der Waals surface area contributed by atoms with Gasteiger partial charge in [-0.05, 0) is 38.8 Å². The largest absolute Gasteiger partial charge is 0.287 e. The zero-order valence-electron chi connectivity index (χ0n) is 13.9. The van der Waals surface area contributed by atoms with Crippen LogP contribution < -0.4 is 0 Å². The number of benzene rings is 1. The Balaban J connectivity index is 1.93. The highest BCUT2D eigenvalue weighted by molar-refractivity contribution is 8.16. The second-order valence-corrected chi connectivity index (χ2v) is 9.33. The van der Waals surface area contributed by atoms with Crippen molar-refractivity contribution in [1.82, 2.24) is 4.90 Å². The molecule has 1 saturated heterocycles. The van der Waals surface area contributed by atoms with Gasteiger partial charge >= 0.3 is 0 Å². The van der Waals surface area contributed by atoms with Crippen molar-refractivity contribution in [2.24, 2.45) is 4.40 Å². The van der Waals surface area contributed by atoms with Gasteiger partial charge in [-0.25, -0.2) is 0 Å². The highest BCUT2D eigenvalue weighted by atomic mass is 32.2. The Labute approximate surface area is 147 Å². The van der Waals surface area contributed by atoms with Crippen LogP contribution >= 0.6 is 11.8 Å². The molecule has 7 heteroatoms. The van der Waals surface area contributed by atoms with E-state index in [-0.39, 0.29) is 22.1 Å². The van der Waals surface area contributed by atoms with E-state index in [0.717, 1.165) is 31.2 Å². The Kier molecular flexibility index (Phi) is 5.01. The van der Waals surface area contributed by atoms with Gasteiger partial charge < -0.3 is 0 Å². The summed E-state index contributed by atoms with van der Waals surface area (Å²) in [5.74, 6) is -0.0234. The van der Waals surface area contributed by atoms with Crippen LogP contribution in [0.5, 0.6) is 0 Å². The van der Waals surface area contributed by atoms with Gasteiger partial charge in [0.15, 0.2) is 5.17 Å². The Hall–Kier alpha value is -1.34. The predicted molar refractivity (Wildman–Crippen MR) is 96.6 cm³/mol. The molecule has 3 rings (SSSR count). The number of sulfonamides is 1. The van der Waals surface area contributed by atoms with E-state index in [2.05, 4.69) is 4.40 Å². The average molecular weight is 367 g/mol. The van der Waals surface area contributed by atoms with E-state index in [1.165, 1.54) is 18.2 Å². The molecule has 1 atom stereocenters. The molecule has 2 fully saturated rings. The first kappa shape index (κ1) is 17.5. The molecule has 1 aliphatic heterocycles. The quantitative estimate of drug-likeness (QED) is 0.823. The summed E-state index contributed by atoms with van der Waals surface area (Å²) in [5.41, 5.74) is 0.990. The van der Waals surface area contributed by atoms with Crippen LogP contribution in [0.3, 0.4) is 0 Å². The Morgan fingerprint density at radius 2 is 1.75 bits per heavy atom. The molecule has 0 aromatic heterocycles. The van der Waals surface area contributed by atoms with Crippen molar-refractivity contribution >= 4 is 32.9 Å². The van der Waals surface area contributed by atoms with Crippen molar-refractivity contribution in [3.8, 4) is 0 Å². The summed E-state index contributed by atoms with van der Waals surface area (Å²) in [6, 6.07) is 6.70. The van der Waals surface area contributed by atoms with E-state index >= 15 is 0 Å². The van der Waals surface area contributed by atoms with Crippen LogP contribution in [0.2, 0.25) is 0 Å². The summed E-state index contributed by atoms with van der Waals surface area (Å²) < 4.78 is 29.2. The molecule has 130 valence electrons. The smallest absolute Gasteiger partial charge is 0.284 e. The number of hydrogen-bond acceptors (Lipinski definition) is 4. The zero-order valence-corrected chi connectivity index (χ0v) is 15.6. The average Bonchev–Trinajstić information content (AvgIpc) is 2.82. The highest BCUT2D eigenvalue weighted by Crippen LogP contribution is 2.34. The van der Waals surface area contributed by atoms with Crippen LogP contribution in [-0.4, -0.2) is 35.7 Å². The van der Waals surface area contributed by atoms with E-state index in [1.54, 1.807) is 29.2 Å². The standard InChI is InChI=1S/C17H22N2O3S2/c1-12-8-10-15(11-9-12)24(21,22)18-17-19(16(20)13(2)23-17)14-6-4-3-5-7-14/h8-11,13-14H,3-7H2,1-2H3/b18-17+.